The average Bonchev–Trinajstić information content (AvgIpc) is 2.56. The van der Waals surface area contributed by atoms with E-state index in [0.29, 0.717) is 18.2 Å². The van der Waals surface area contributed by atoms with E-state index in [1.807, 2.05) is 48.5 Å². The Bertz CT molecular complexity index is 672. The fourth-order valence-electron chi connectivity index (χ4n) is 1.75. The minimum atomic E-state index is -0.580. The highest BCUT2D eigenvalue weighted by atomic mass is 35.5. The van der Waals surface area contributed by atoms with E-state index in [0.717, 1.165) is 16.9 Å². The van der Waals surface area contributed by atoms with Gasteiger partial charge in [0.2, 0.25) is 0 Å². The Labute approximate surface area is 139 Å². The third-order valence-electron chi connectivity index (χ3n) is 2.88. The molecule has 0 aliphatic rings. The van der Waals surface area contributed by atoms with Gasteiger partial charge >= 0.3 is 6.09 Å². The van der Waals surface area contributed by atoms with Gasteiger partial charge in [-0.1, -0.05) is 29.8 Å². The molecule has 1 N–H and O–H groups in total. The maximum atomic E-state index is 11.1. The molecule has 0 heterocycles. The molecule has 5 nitrogen and oxygen atoms in total. The lowest BCUT2D eigenvalue weighted by atomic mass is 10.2. The summed E-state index contributed by atoms with van der Waals surface area (Å²) in [5, 5.41) is 4.47. The number of carbonyl (C=O) groups excluding carboxylic acids is 1. The van der Waals surface area contributed by atoms with Gasteiger partial charge in [-0.25, -0.2) is 10.2 Å². The number of hydrogen-bond acceptors (Lipinski definition) is 4. The Hall–Kier alpha value is -2.53. The Morgan fingerprint density at radius 3 is 2.65 bits per heavy atom. The van der Waals surface area contributed by atoms with E-state index in [1.165, 1.54) is 6.21 Å². The Morgan fingerprint density at radius 1 is 1.22 bits per heavy atom. The molecule has 0 saturated carbocycles. The fraction of sp³-hybridized carbons (Fsp3) is 0.176. The number of carbonyl (C=O) groups is 1. The topological polar surface area (TPSA) is 59.9 Å². The minimum absolute atomic E-state index is 0.304. The SMILES string of the molecule is CCOC(=O)N/N=C\c1ccc(OCc2ccccc2Cl)cc1. The number of nitrogens with zero attached hydrogens (tertiary/aromatic N) is 1. The zero-order valence-electron chi connectivity index (χ0n) is 12.7. The van der Waals surface area contributed by atoms with E-state index < -0.39 is 6.09 Å². The molecule has 2 aromatic rings. The smallest absolute Gasteiger partial charge is 0.427 e. The first kappa shape index (κ1) is 16.8. The van der Waals surface area contributed by atoms with Crippen LogP contribution in [-0.4, -0.2) is 18.9 Å². The van der Waals surface area contributed by atoms with Crippen molar-refractivity contribution < 1.29 is 14.3 Å². The first-order chi connectivity index (χ1) is 11.2. The minimum Gasteiger partial charge on any atom is -0.489 e. The predicted molar refractivity (Wildman–Crippen MR) is 90.0 cm³/mol. The van der Waals surface area contributed by atoms with Crippen LogP contribution >= 0.6 is 11.6 Å². The molecule has 1 amide bonds. The van der Waals surface area contributed by atoms with Crippen LogP contribution in [0.4, 0.5) is 4.79 Å². The van der Waals surface area contributed by atoms with Crippen LogP contribution in [0.2, 0.25) is 5.02 Å². The maximum absolute atomic E-state index is 11.1. The number of hydrogen-bond donors (Lipinski definition) is 1. The van der Waals surface area contributed by atoms with E-state index >= 15 is 0 Å². The number of ether oxygens (including phenoxy) is 2. The van der Waals surface area contributed by atoms with Crippen LogP contribution in [-0.2, 0) is 11.3 Å². The molecule has 0 bridgehead atoms. The normalized spacial score (nSPS) is 10.5. The largest absolute Gasteiger partial charge is 0.489 e. The Morgan fingerprint density at radius 2 is 1.96 bits per heavy atom. The van der Waals surface area contributed by atoms with Crippen molar-refractivity contribution >= 4 is 23.9 Å². The number of nitrogens with one attached hydrogen (secondary N) is 1. The van der Waals surface area contributed by atoms with E-state index in [2.05, 4.69) is 15.3 Å². The van der Waals surface area contributed by atoms with Gasteiger partial charge in [0.05, 0.1) is 12.8 Å². The van der Waals surface area contributed by atoms with Gasteiger partial charge in [-0.05, 0) is 42.8 Å². The first-order valence-electron chi connectivity index (χ1n) is 7.11. The molecule has 2 aromatic carbocycles. The molecular weight excluding hydrogens is 316 g/mol. The van der Waals surface area contributed by atoms with Gasteiger partial charge in [-0.15, -0.1) is 0 Å². The summed E-state index contributed by atoms with van der Waals surface area (Å²) in [5.41, 5.74) is 4.02. The van der Waals surface area contributed by atoms with Crippen molar-refractivity contribution in [1.82, 2.24) is 5.43 Å². The van der Waals surface area contributed by atoms with E-state index in [-0.39, 0.29) is 0 Å². The van der Waals surface area contributed by atoms with Crippen molar-refractivity contribution in [3.63, 3.8) is 0 Å². The monoisotopic (exact) mass is 332 g/mol. The standard InChI is InChI=1S/C17H17ClN2O3/c1-2-22-17(21)20-19-11-13-7-9-15(10-8-13)23-12-14-5-3-4-6-16(14)18/h3-11H,2,12H2,1H3,(H,20,21)/b19-11-. The zero-order chi connectivity index (χ0) is 16.5. The molecule has 120 valence electrons. The van der Waals surface area contributed by atoms with Crippen LogP contribution < -0.4 is 10.2 Å². The summed E-state index contributed by atoms with van der Waals surface area (Å²) >= 11 is 6.08. The van der Waals surface area contributed by atoms with Gasteiger partial charge in [-0.2, -0.15) is 5.10 Å². The highest BCUT2D eigenvalue weighted by Crippen LogP contribution is 2.18. The van der Waals surface area contributed by atoms with Crippen molar-refractivity contribution in [1.29, 1.82) is 0 Å². The molecule has 0 atom stereocenters. The second-order valence-electron chi connectivity index (χ2n) is 4.54. The van der Waals surface area contributed by atoms with Crippen molar-refractivity contribution in [2.45, 2.75) is 13.5 Å². The van der Waals surface area contributed by atoms with Gasteiger partial charge in [0.1, 0.15) is 12.4 Å². The van der Waals surface area contributed by atoms with Gasteiger partial charge in [0.25, 0.3) is 0 Å². The molecule has 0 fully saturated rings. The summed E-state index contributed by atoms with van der Waals surface area (Å²) in [6, 6.07) is 14.9. The van der Waals surface area contributed by atoms with Crippen molar-refractivity contribution in [3.05, 3.63) is 64.7 Å². The molecule has 0 saturated heterocycles. The summed E-state index contributed by atoms with van der Waals surface area (Å²) in [6.45, 7) is 2.43. The molecule has 6 heteroatoms. The van der Waals surface area contributed by atoms with Crippen LogP contribution in [0.25, 0.3) is 0 Å². The van der Waals surface area contributed by atoms with Crippen LogP contribution in [0.3, 0.4) is 0 Å². The maximum Gasteiger partial charge on any atom is 0.427 e. The second-order valence-corrected chi connectivity index (χ2v) is 4.95. The lowest BCUT2D eigenvalue weighted by Crippen LogP contribution is -2.18. The molecule has 0 radical (unpaired) electrons. The van der Waals surface area contributed by atoms with E-state index in [4.69, 9.17) is 16.3 Å². The summed E-state index contributed by atoms with van der Waals surface area (Å²) in [6.07, 6.45) is 0.942. The lowest BCUT2D eigenvalue weighted by Gasteiger charge is -2.07. The number of amides is 1. The zero-order valence-corrected chi connectivity index (χ0v) is 13.4. The van der Waals surface area contributed by atoms with Gasteiger partial charge in [0, 0.05) is 10.6 Å². The number of halogens is 1. The molecule has 2 rings (SSSR count). The van der Waals surface area contributed by atoms with Crippen LogP contribution in [0.15, 0.2) is 53.6 Å². The molecule has 23 heavy (non-hydrogen) atoms. The molecule has 0 unspecified atom stereocenters. The second kappa shape index (κ2) is 8.80. The molecule has 0 aliphatic carbocycles. The van der Waals surface area contributed by atoms with E-state index in [9.17, 15) is 4.79 Å². The van der Waals surface area contributed by atoms with Gasteiger partial charge in [-0.3, -0.25) is 0 Å². The Balaban J connectivity index is 1.86. The highest BCUT2D eigenvalue weighted by molar-refractivity contribution is 6.31. The molecular formula is C17H17ClN2O3. The average molecular weight is 333 g/mol. The summed E-state index contributed by atoms with van der Waals surface area (Å²) in [5.74, 6) is 0.723. The Kier molecular flexibility index (Phi) is 6.44. The quantitative estimate of drug-likeness (QED) is 0.642. The van der Waals surface area contributed by atoms with Crippen molar-refractivity contribution in [3.8, 4) is 5.75 Å². The third-order valence-corrected chi connectivity index (χ3v) is 3.25. The van der Waals surface area contributed by atoms with Crippen molar-refractivity contribution in [2.24, 2.45) is 5.10 Å². The van der Waals surface area contributed by atoms with Crippen LogP contribution in [0, 0.1) is 0 Å². The first-order valence-corrected chi connectivity index (χ1v) is 7.49. The number of rotatable bonds is 6. The molecule has 0 aromatic heterocycles. The van der Waals surface area contributed by atoms with Crippen molar-refractivity contribution in [2.75, 3.05) is 6.61 Å². The highest BCUT2D eigenvalue weighted by Gasteiger charge is 2.00. The number of hydrazone groups is 1. The lowest BCUT2D eigenvalue weighted by molar-refractivity contribution is 0.152. The molecule has 0 aliphatic heterocycles. The fourth-order valence-corrected chi connectivity index (χ4v) is 1.94. The summed E-state index contributed by atoms with van der Waals surface area (Å²) in [4.78, 5) is 11.1. The summed E-state index contributed by atoms with van der Waals surface area (Å²) < 4.78 is 10.4. The van der Waals surface area contributed by atoms with Gasteiger partial charge in [0.15, 0.2) is 0 Å². The van der Waals surface area contributed by atoms with E-state index in [1.54, 1.807) is 6.92 Å². The predicted octanol–water partition coefficient (Wildman–Crippen LogP) is 4.00. The number of benzene rings is 2. The van der Waals surface area contributed by atoms with Crippen LogP contribution in [0.1, 0.15) is 18.1 Å². The van der Waals surface area contributed by atoms with Crippen LogP contribution in [0.5, 0.6) is 5.75 Å². The third kappa shape index (κ3) is 5.64. The van der Waals surface area contributed by atoms with Gasteiger partial charge < -0.3 is 9.47 Å². The summed E-state index contributed by atoms with van der Waals surface area (Å²) in [7, 11) is 0. The molecule has 0 spiro atoms.